The summed E-state index contributed by atoms with van der Waals surface area (Å²) >= 11 is 1.80. The van der Waals surface area contributed by atoms with E-state index < -0.39 is 0 Å². The average molecular weight is 285 g/mol. The lowest BCUT2D eigenvalue weighted by Crippen LogP contribution is -1.98. The number of hydrogen-bond donors (Lipinski definition) is 1. The van der Waals surface area contributed by atoms with Crippen LogP contribution in [0.15, 0.2) is 47.4 Å². The number of phenols is 1. The third-order valence-electron chi connectivity index (χ3n) is 2.82. The van der Waals surface area contributed by atoms with Crippen LogP contribution in [0.25, 0.3) is 16.7 Å². The van der Waals surface area contributed by atoms with E-state index in [1.807, 2.05) is 18.2 Å². The van der Waals surface area contributed by atoms with E-state index in [2.05, 4.69) is 30.1 Å². The van der Waals surface area contributed by atoms with Crippen molar-refractivity contribution in [3.8, 4) is 11.4 Å². The summed E-state index contributed by atoms with van der Waals surface area (Å²) in [6, 6.07) is 13.1. The number of benzene rings is 2. The zero-order valence-corrected chi connectivity index (χ0v) is 12.1. The molecule has 0 aliphatic rings. The predicted octanol–water partition coefficient (Wildman–Crippen LogP) is 3.63. The van der Waals surface area contributed by atoms with Gasteiger partial charge in [0.1, 0.15) is 22.5 Å². The first kappa shape index (κ1) is 13.0. The zero-order valence-electron chi connectivity index (χ0n) is 11.3. The number of rotatable bonds is 3. The van der Waals surface area contributed by atoms with Gasteiger partial charge in [-0.3, -0.25) is 0 Å². The first-order valence-corrected chi connectivity index (χ1v) is 7.33. The Kier molecular flexibility index (Phi) is 3.36. The molecule has 3 aromatic rings. The first-order chi connectivity index (χ1) is 9.63. The Labute approximate surface area is 121 Å². The molecule has 1 N–H and O–H groups in total. The average Bonchev–Trinajstić information content (AvgIpc) is 2.81. The largest absolute Gasteiger partial charge is 0.506 e. The summed E-state index contributed by atoms with van der Waals surface area (Å²) in [4.78, 5) is 2.65. The monoisotopic (exact) mass is 285 g/mol. The molecular weight excluding hydrogens is 270 g/mol. The van der Waals surface area contributed by atoms with Crippen molar-refractivity contribution >= 4 is 22.8 Å². The Morgan fingerprint density at radius 2 is 1.80 bits per heavy atom. The van der Waals surface area contributed by atoms with Crippen molar-refractivity contribution in [3.05, 3.63) is 42.5 Å². The molecule has 102 valence electrons. The third kappa shape index (κ3) is 2.49. The summed E-state index contributed by atoms with van der Waals surface area (Å²) in [7, 11) is 0. The number of fused-ring (bicyclic) bond motifs is 1. The highest BCUT2D eigenvalue weighted by molar-refractivity contribution is 7.99. The lowest BCUT2D eigenvalue weighted by atomic mass is 10.3. The van der Waals surface area contributed by atoms with Gasteiger partial charge >= 0.3 is 0 Å². The van der Waals surface area contributed by atoms with Gasteiger partial charge in [0.15, 0.2) is 0 Å². The molecule has 0 aliphatic carbocycles. The van der Waals surface area contributed by atoms with Gasteiger partial charge in [0, 0.05) is 10.1 Å². The van der Waals surface area contributed by atoms with E-state index in [0.29, 0.717) is 10.9 Å². The number of hydrogen-bond acceptors (Lipinski definition) is 4. The van der Waals surface area contributed by atoms with Crippen molar-refractivity contribution in [1.29, 1.82) is 0 Å². The predicted molar refractivity (Wildman–Crippen MR) is 81.5 cm³/mol. The molecular formula is C15H15N3OS. The van der Waals surface area contributed by atoms with Gasteiger partial charge in [-0.05, 0) is 30.3 Å². The van der Waals surface area contributed by atoms with Crippen LogP contribution in [0.2, 0.25) is 0 Å². The minimum absolute atomic E-state index is 0.171. The standard InChI is InChI=1S/C15H15N3OS/c1-10(2)20-11-7-8-12-13(9-11)17-18(16-12)14-5-3-4-6-15(14)19/h3-10,19H,1-2H3. The summed E-state index contributed by atoms with van der Waals surface area (Å²) in [5.41, 5.74) is 2.24. The van der Waals surface area contributed by atoms with Gasteiger partial charge in [0.25, 0.3) is 0 Å². The van der Waals surface area contributed by atoms with Gasteiger partial charge in [-0.15, -0.1) is 26.8 Å². The van der Waals surface area contributed by atoms with Crippen molar-refractivity contribution in [2.45, 2.75) is 24.0 Å². The summed E-state index contributed by atoms with van der Waals surface area (Å²) in [5.74, 6) is 0.171. The van der Waals surface area contributed by atoms with Crippen LogP contribution in [0.3, 0.4) is 0 Å². The summed E-state index contributed by atoms with van der Waals surface area (Å²) < 4.78 is 0. The summed E-state index contributed by atoms with van der Waals surface area (Å²) in [6.45, 7) is 4.32. The van der Waals surface area contributed by atoms with Gasteiger partial charge in [0.2, 0.25) is 0 Å². The smallest absolute Gasteiger partial charge is 0.143 e. The zero-order chi connectivity index (χ0) is 14.1. The molecule has 0 bridgehead atoms. The molecule has 0 unspecified atom stereocenters. The lowest BCUT2D eigenvalue weighted by molar-refractivity contribution is 0.468. The maximum atomic E-state index is 9.86. The molecule has 0 atom stereocenters. The van der Waals surface area contributed by atoms with Crippen LogP contribution in [-0.2, 0) is 0 Å². The van der Waals surface area contributed by atoms with Crippen LogP contribution in [0.5, 0.6) is 5.75 Å². The Morgan fingerprint density at radius 1 is 1.05 bits per heavy atom. The van der Waals surface area contributed by atoms with E-state index in [1.165, 1.54) is 9.69 Å². The van der Waals surface area contributed by atoms with Crippen molar-refractivity contribution in [1.82, 2.24) is 15.0 Å². The quantitative estimate of drug-likeness (QED) is 0.747. The highest BCUT2D eigenvalue weighted by atomic mass is 32.2. The number of aromatic nitrogens is 3. The minimum atomic E-state index is 0.171. The first-order valence-electron chi connectivity index (χ1n) is 6.45. The molecule has 0 aliphatic heterocycles. The van der Waals surface area contributed by atoms with Crippen LogP contribution in [-0.4, -0.2) is 25.4 Å². The fourth-order valence-corrected chi connectivity index (χ4v) is 2.85. The topological polar surface area (TPSA) is 50.9 Å². The van der Waals surface area contributed by atoms with Crippen LogP contribution < -0.4 is 0 Å². The third-order valence-corrected chi connectivity index (χ3v) is 3.82. The highest BCUT2D eigenvalue weighted by Gasteiger charge is 2.09. The van der Waals surface area contributed by atoms with Gasteiger partial charge < -0.3 is 5.11 Å². The molecule has 20 heavy (non-hydrogen) atoms. The maximum Gasteiger partial charge on any atom is 0.143 e. The molecule has 0 fully saturated rings. The molecule has 1 aromatic heterocycles. The van der Waals surface area contributed by atoms with E-state index in [-0.39, 0.29) is 5.75 Å². The Balaban J connectivity index is 2.05. The molecule has 5 heteroatoms. The molecule has 2 aromatic carbocycles. The Morgan fingerprint density at radius 3 is 2.55 bits per heavy atom. The number of aromatic hydroxyl groups is 1. The minimum Gasteiger partial charge on any atom is -0.506 e. The molecule has 0 spiro atoms. The van der Waals surface area contributed by atoms with E-state index in [9.17, 15) is 5.11 Å². The lowest BCUT2D eigenvalue weighted by Gasteiger charge is -2.03. The molecule has 0 saturated heterocycles. The van der Waals surface area contributed by atoms with Crippen LogP contribution in [0, 0.1) is 0 Å². The van der Waals surface area contributed by atoms with Crippen LogP contribution in [0.1, 0.15) is 13.8 Å². The van der Waals surface area contributed by atoms with Crippen molar-refractivity contribution in [2.24, 2.45) is 0 Å². The van der Waals surface area contributed by atoms with Crippen molar-refractivity contribution in [3.63, 3.8) is 0 Å². The number of thioether (sulfide) groups is 1. The molecule has 0 amide bonds. The number of nitrogens with zero attached hydrogens (tertiary/aromatic N) is 3. The van der Waals surface area contributed by atoms with Gasteiger partial charge in [-0.1, -0.05) is 26.0 Å². The molecule has 4 nitrogen and oxygen atoms in total. The number of para-hydroxylation sites is 2. The van der Waals surface area contributed by atoms with E-state index in [0.717, 1.165) is 11.0 Å². The molecule has 0 radical (unpaired) electrons. The van der Waals surface area contributed by atoms with Gasteiger partial charge in [-0.2, -0.15) is 0 Å². The highest BCUT2D eigenvalue weighted by Crippen LogP contribution is 2.26. The van der Waals surface area contributed by atoms with Crippen LogP contribution in [0.4, 0.5) is 0 Å². The summed E-state index contributed by atoms with van der Waals surface area (Å²) in [5, 5.41) is 19.2. The number of phenolic OH excluding ortho intramolecular Hbond substituents is 1. The fraction of sp³-hybridized carbons (Fsp3) is 0.200. The van der Waals surface area contributed by atoms with E-state index >= 15 is 0 Å². The van der Waals surface area contributed by atoms with Gasteiger partial charge in [0.05, 0.1) is 0 Å². The second-order valence-corrected chi connectivity index (χ2v) is 6.45. The fourth-order valence-electron chi connectivity index (χ4n) is 1.98. The van der Waals surface area contributed by atoms with E-state index in [1.54, 1.807) is 30.0 Å². The SMILES string of the molecule is CC(C)Sc1ccc2nn(-c3ccccc3O)nc2c1. The normalized spacial score (nSPS) is 11.3. The summed E-state index contributed by atoms with van der Waals surface area (Å²) in [6.07, 6.45) is 0. The maximum absolute atomic E-state index is 9.86. The van der Waals surface area contributed by atoms with Crippen molar-refractivity contribution < 1.29 is 5.11 Å². The van der Waals surface area contributed by atoms with E-state index in [4.69, 9.17) is 0 Å². The molecule has 1 heterocycles. The second kappa shape index (κ2) is 5.17. The van der Waals surface area contributed by atoms with Crippen molar-refractivity contribution in [2.75, 3.05) is 0 Å². The van der Waals surface area contributed by atoms with Gasteiger partial charge in [-0.25, -0.2) is 0 Å². The molecule has 3 rings (SSSR count). The molecule has 0 saturated carbocycles. The Hall–Kier alpha value is -2.01. The van der Waals surface area contributed by atoms with Crippen LogP contribution >= 0.6 is 11.8 Å². The Bertz CT molecular complexity index is 752. The second-order valence-electron chi connectivity index (χ2n) is 4.80.